The van der Waals surface area contributed by atoms with Gasteiger partial charge in [0.2, 0.25) is 0 Å². The van der Waals surface area contributed by atoms with E-state index in [-0.39, 0.29) is 5.91 Å². The highest BCUT2D eigenvalue weighted by molar-refractivity contribution is 5.99. The zero-order chi connectivity index (χ0) is 14.3. The normalized spacial score (nSPS) is 19.6. The molecule has 0 bridgehead atoms. The van der Waals surface area contributed by atoms with Crippen molar-refractivity contribution in [2.45, 2.75) is 12.3 Å². The van der Waals surface area contributed by atoms with Gasteiger partial charge in [-0.1, -0.05) is 0 Å². The number of rotatable bonds is 2. The molecule has 20 heavy (non-hydrogen) atoms. The Morgan fingerprint density at radius 1 is 1.45 bits per heavy atom. The number of nitrogens with zero attached hydrogens (tertiary/aromatic N) is 5. The van der Waals surface area contributed by atoms with E-state index in [2.05, 4.69) is 22.0 Å². The Morgan fingerprint density at radius 2 is 2.25 bits per heavy atom. The molecule has 1 aliphatic rings. The molecule has 0 aliphatic carbocycles. The summed E-state index contributed by atoms with van der Waals surface area (Å²) in [6.45, 7) is 2.12. The van der Waals surface area contributed by atoms with E-state index in [4.69, 9.17) is 0 Å². The molecule has 3 heterocycles. The summed E-state index contributed by atoms with van der Waals surface area (Å²) < 4.78 is 1.82. The van der Waals surface area contributed by atoms with Crippen LogP contribution in [-0.4, -0.2) is 64.5 Å². The molecule has 106 valence electrons. The highest BCUT2D eigenvalue weighted by Gasteiger charge is 2.25. The second-order valence-electron chi connectivity index (χ2n) is 5.61. The number of carbonyl (C=O) groups is 1. The third kappa shape index (κ3) is 2.06. The lowest BCUT2D eigenvalue weighted by atomic mass is 10.0. The van der Waals surface area contributed by atoms with E-state index in [0.29, 0.717) is 17.1 Å². The van der Waals surface area contributed by atoms with Crippen LogP contribution in [0.25, 0.3) is 5.65 Å². The average Bonchev–Trinajstić information content (AvgIpc) is 3.03. The first-order valence-electron chi connectivity index (χ1n) is 6.80. The highest BCUT2D eigenvalue weighted by atomic mass is 16.2. The molecule has 3 rings (SSSR count). The Kier molecular flexibility index (Phi) is 3.17. The third-order valence-corrected chi connectivity index (χ3v) is 3.88. The van der Waals surface area contributed by atoms with E-state index in [9.17, 15) is 4.79 Å². The molecular formula is C14H19N5O. The van der Waals surface area contributed by atoms with Crippen LogP contribution in [0.5, 0.6) is 0 Å². The lowest BCUT2D eigenvalue weighted by Crippen LogP contribution is -2.21. The number of fused-ring (bicyclic) bond motifs is 1. The molecule has 6 nitrogen and oxygen atoms in total. The monoisotopic (exact) mass is 273 g/mol. The van der Waals surface area contributed by atoms with Crippen molar-refractivity contribution >= 4 is 11.6 Å². The van der Waals surface area contributed by atoms with Gasteiger partial charge in [-0.05, 0) is 26.1 Å². The number of hydrogen-bond donors (Lipinski definition) is 0. The summed E-state index contributed by atoms with van der Waals surface area (Å²) in [4.78, 5) is 20.3. The van der Waals surface area contributed by atoms with Gasteiger partial charge in [0.25, 0.3) is 5.91 Å². The van der Waals surface area contributed by atoms with Gasteiger partial charge < -0.3 is 9.80 Å². The highest BCUT2D eigenvalue weighted by Crippen LogP contribution is 2.26. The van der Waals surface area contributed by atoms with Crippen LogP contribution >= 0.6 is 0 Å². The summed E-state index contributed by atoms with van der Waals surface area (Å²) >= 11 is 0. The van der Waals surface area contributed by atoms with Crippen molar-refractivity contribution in [3.05, 3.63) is 29.7 Å². The summed E-state index contributed by atoms with van der Waals surface area (Å²) in [5.74, 6) is 0.390. The summed E-state index contributed by atoms with van der Waals surface area (Å²) in [6.07, 6.45) is 4.51. The minimum absolute atomic E-state index is 0.0619. The molecule has 0 N–H and O–H groups in total. The van der Waals surface area contributed by atoms with Crippen molar-refractivity contribution in [3.8, 4) is 0 Å². The predicted molar refractivity (Wildman–Crippen MR) is 75.9 cm³/mol. The van der Waals surface area contributed by atoms with Crippen molar-refractivity contribution in [2.24, 2.45) is 0 Å². The van der Waals surface area contributed by atoms with Crippen LogP contribution in [0.4, 0.5) is 0 Å². The second-order valence-corrected chi connectivity index (χ2v) is 5.61. The van der Waals surface area contributed by atoms with Crippen molar-refractivity contribution in [1.82, 2.24) is 24.4 Å². The maximum Gasteiger partial charge on any atom is 0.258 e. The fourth-order valence-corrected chi connectivity index (χ4v) is 2.79. The van der Waals surface area contributed by atoms with Gasteiger partial charge in [0, 0.05) is 32.8 Å². The second kappa shape index (κ2) is 4.86. The van der Waals surface area contributed by atoms with Crippen LogP contribution in [-0.2, 0) is 0 Å². The van der Waals surface area contributed by atoms with Crippen LogP contribution in [0.2, 0.25) is 0 Å². The summed E-state index contributed by atoms with van der Waals surface area (Å²) in [6, 6.07) is 2.01. The molecule has 1 amide bonds. The Labute approximate surface area is 118 Å². The van der Waals surface area contributed by atoms with Crippen LogP contribution < -0.4 is 0 Å². The SMILES string of the molecule is CN1CC[C@H](c2ccnc3c(C(=O)N(C)C)cnn23)C1. The van der Waals surface area contributed by atoms with Crippen molar-refractivity contribution in [1.29, 1.82) is 0 Å². The molecule has 0 radical (unpaired) electrons. The van der Waals surface area contributed by atoms with Crippen molar-refractivity contribution in [2.75, 3.05) is 34.2 Å². The maximum atomic E-state index is 12.1. The summed E-state index contributed by atoms with van der Waals surface area (Å²) in [5.41, 5.74) is 2.34. The first kappa shape index (κ1) is 13.1. The minimum Gasteiger partial charge on any atom is -0.345 e. The molecule has 2 aromatic rings. The van der Waals surface area contributed by atoms with E-state index >= 15 is 0 Å². The van der Waals surface area contributed by atoms with Gasteiger partial charge in [0.15, 0.2) is 5.65 Å². The lowest BCUT2D eigenvalue weighted by Gasteiger charge is -2.12. The number of likely N-dealkylation sites (N-methyl/N-ethyl adjacent to an activating group) is 1. The summed E-state index contributed by atoms with van der Waals surface area (Å²) in [7, 11) is 5.60. The van der Waals surface area contributed by atoms with Gasteiger partial charge in [-0.2, -0.15) is 5.10 Å². The van der Waals surface area contributed by atoms with Crippen molar-refractivity contribution in [3.63, 3.8) is 0 Å². The molecule has 2 aromatic heterocycles. The molecular weight excluding hydrogens is 254 g/mol. The summed E-state index contributed by atoms with van der Waals surface area (Å²) in [5, 5.41) is 4.38. The Balaban J connectivity index is 2.06. The maximum absolute atomic E-state index is 12.1. The first-order valence-corrected chi connectivity index (χ1v) is 6.80. The molecule has 0 spiro atoms. The van der Waals surface area contributed by atoms with Gasteiger partial charge in [0.1, 0.15) is 5.56 Å². The number of carbonyl (C=O) groups excluding carboxylic acids is 1. The molecule has 1 aliphatic heterocycles. The van der Waals surface area contributed by atoms with E-state index in [0.717, 1.165) is 25.2 Å². The van der Waals surface area contributed by atoms with Crippen LogP contribution in [0.1, 0.15) is 28.4 Å². The van der Waals surface area contributed by atoms with Gasteiger partial charge in [-0.25, -0.2) is 9.50 Å². The van der Waals surface area contributed by atoms with Gasteiger partial charge in [-0.15, -0.1) is 0 Å². The lowest BCUT2D eigenvalue weighted by molar-refractivity contribution is 0.0829. The predicted octanol–water partition coefficient (Wildman–Crippen LogP) is 0.850. The fourth-order valence-electron chi connectivity index (χ4n) is 2.79. The Morgan fingerprint density at radius 3 is 2.90 bits per heavy atom. The molecule has 0 unspecified atom stereocenters. The van der Waals surface area contributed by atoms with Gasteiger partial charge in [-0.3, -0.25) is 4.79 Å². The van der Waals surface area contributed by atoms with Gasteiger partial charge >= 0.3 is 0 Å². The van der Waals surface area contributed by atoms with Crippen molar-refractivity contribution < 1.29 is 4.79 Å². The van der Waals surface area contributed by atoms with E-state index in [1.54, 1.807) is 31.4 Å². The molecule has 1 atom stereocenters. The number of hydrogen-bond acceptors (Lipinski definition) is 4. The fraction of sp³-hybridized carbons (Fsp3) is 0.500. The average molecular weight is 273 g/mol. The minimum atomic E-state index is -0.0619. The molecule has 6 heteroatoms. The van der Waals surface area contributed by atoms with E-state index in [1.165, 1.54) is 0 Å². The standard InChI is InChI=1S/C14H19N5O/c1-17(2)14(20)11-8-16-19-12(4-6-15-13(11)19)10-5-7-18(3)9-10/h4,6,8,10H,5,7,9H2,1-3H3/t10-/m0/s1. The molecule has 0 saturated carbocycles. The van der Waals surface area contributed by atoms with Gasteiger partial charge in [0.05, 0.1) is 11.9 Å². The zero-order valence-corrected chi connectivity index (χ0v) is 12.1. The molecule has 1 saturated heterocycles. The molecule has 0 aromatic carbocycles. The van der Waals surface area contributed by atoms with Crippen LogP contribution in [0.3, 0.4) is 0 Å². The topological polar surface area (TPSA) is 53.7 Å². The largest absolute Gasteiger partial charge is 0.345 e. The Bertz CT molecular complexity index is 648. The first-order chi connectivity index (χ1) is 9.58. The molecule has 1 fully saturated rings. The van der Waals surface area contributed by atoms with E-state index in [1.807, 2.05) is 10.6 Å². The van der Waals surface area contributed by atoms with Crippen LogP contribution in [0, 0.1) is 0 Å². The number of likely N-dealkylation sites (tertiary alicyclic amines) is 1. The zero-order valence-electron chi connectivity index (χ0n) is 12.1. The van der Waals surface area contributed by atoms with E-state index < -0.39 is 0 Å². The quantitative estimate of drug-likeness (QED) is 0.814. The van der Waals surface area contributed by atoms with Crippen LogP contribution in [0.15, 0.2) is 18.5 Å². The number of aromatic nitrogens is 3. The smallest absolute Gasteiger partial charge is 0.258 e. The number of amides is 1. The third-order valence-electron chi connectivity index (χ3n) is 3.88. The Hall–Kier alpha value is -1.95.